The second-order valence-electron chi connectivity index (χ2n) is 7.19. The minimum atomic E-state index is -3.06. The van der Waals surface area contributed by atoms with Crippen LogP contribution in [0.25, 0.3) is 44.5 Å². The number of imidazole rings is 2. The average Bonchev–Trinajstić information content (AvgIpc) is 3.47. The highest BCUT2D eigenvalue weighted by molar-refractivity contribution is 5.86. The molecule has 1 aliphatic carbocycles. The number of hydrogen-bond acceptors (Lipinski definition) is 2. The second-order valence-corrected chi connectivity index (χ2v) is 7.19. The second kappa shape index (κ2) is 5.61. The first kappa shape index (κ1) is 16.2. The molecule has 0 unspecified atom stereocenters. The van der Waals surface area contributed by atoms with Gasteiger partial charge in [-0.15, -0.1) is 0 Å². The number of halogens is 2. The summed E-state index contributed by atoms with van der Waals surface area (Å²) < 4.78 is 30.8. The fourth-order valence-corrected chi connectivity index (χ4v) is 4.10. The summed E-state index contributed by atoms with van der Waals surface area (Å²) in [6.07, 6.45) is 4.79. The zero-order valence-electron chi connectivity index (χ0n) is 15.1. The SMILES string of the molecule is FC1(F)c2cc(-c3ccc4nc[nH]c4c3)ccc2-c2ccc(-c3cnc[nH]3)cc21. The molecule has 29 heavy (non-hydrogen) atoms. The normalized spacial score (nSPS) is 14.1. The van der Waals surface area contributed by atoms with Gasteiger partial charge in [0.25, 0.3) is 5.92 Å². The van der Waals surface area contributed by atoms with Crippen molar-refractivity contribution in [2.24, 2.45) is 0 Å². The first-order valence-corrected chi connectivity index (χ1v) is 9.21. The number of hydrogen-bond donors (Lipinski definition) is 2. The number of rotatable bonds is 2. The summed E-state index contributed by atoms with van der Waals surface area (Å²) in [7, 11) is 0. The summed E-state index contributed by atoms with van der Waals surface area (Å²) in [6, 6.07) is 16.2. The van der Waals surface area contributed by atoms with Gasteiger partial charge in [-0.1, -0.05) is 30.3 Å². The highest BCUT2D eigenvalue weighted by Crippen LogP contribution is 2.52. The van der Waals surface area contributed by atoms with E-state index >= 15 is 8.78 Å². The monoisotopic (exact) mass is 384 g/mol. The molecule has 0 spiro atoms. The number of H-pyrrole nitrogens is 2. The van der Waals surface area contributed by atoms with Crippen LogP contribution in [0.3, 0.4) is 0 Å². The molecule has 4 nitrogen and oxygen atoms in total. The topological polar surface area (TPSA) is 57.4 Å². The molecule has 2 N–H and O–H groups in total. The van der Waals surface area contributed by atoms with Crippen molar-refractivity contribution in [3.63, 3.8) is 0 Å². The molecule has 2 aromatic heterocycles. The van der Waals surface area contributed by atoms with E-state index in [1.807, 2.05) is 30.3 Å². The van der Waals surface area contributed by atoms with Crippen LogP contribution in [0.2, 0.25) is 0 Å². The highest BCUT2D eigenvalue weighted by atomic mass is 19.3. The molecule has 1 aliphatic rings. The van der Waals surface area contributed by atoms with Crippen LogP contribution >= 0.6 is 0 Å². The molecule has 0 amide bonds. The Morgan fingerprint density at radius 3 is 2.17 bits per heavy atom. The van der Waals surface area contributed by atoms with E-state index in [4.69, 9.17) is 0 Å². The molecule has 0 saturated carbocycles. The molecule has 0 bridgehead atoms. The first-order valence-electron chi connectivity index (χ1n) is 9.21. The van der Waals surface area contributed by atoms with E-state index < -0.39 is 5.92 Å². The molecular formula is C23H14F2N4. The van der Waals surface area contributed by atoms with Crippen molar-refractivity contribution >= 4 is 11.0 Å². The maximum absolute atomic E-state index is 15.4. The van der Waals surface area contributed by atoms with Gasteiger partial charge < -0.3 is 9.97 Å². The van der Waals surface area contributed by atoms with Crippen LogP contribution in [0.5, 0.6) is 0 Å². The third kappa shape index (κ3) is 2.29. The number of nitrogens with zero attached hydrogens (tertiary/aromatic N) is 2. The zero-order chi connectivity index (χ0) is 19.6. The Kier molecular flexibility index (Phi) is 3.13. The number of fused-ring (bicyclic) bond motifs is 4. The number of alkyl halides is 2. The number of aromatic nitrogens is 4. The van der Waals surface area contributed by atoms with Gasteiger partial charge in [-0.2, -0.15) is 8.78 Å². The van der Waals surface area contributed by atoms with E-state index in [1.165, 1.54) is 6.33 Å². The van der Waals surface area contributed by atoms with Crippen molar-refractivity contribution in [1.82, 2.24) is 19.9 Å². The zero-order valence-corrected chi connectivity index (χ0v) is 15.1. The van der Waals surface area contributed by atoms with Gasteiger partial charge >= 0.3 is 0 Å². The maximum atomic E-state index is 15.4. The van der Waals surface area contributed by atoms with Gasteiger partial charge in [0.05, 0.1) is 35.6 Å². The molecule has 0 aliphatic heterocycles. The predicted octanol–water partition coefficient (Wildman–Crippen LogP) is 5.74. The molecule has 2 heterocycles. The highest BCUT2D eigenvalue weighted by Gasteiger charge is 2.44. The first-order chi connectivity index (χ1) is 14.1. The van der Waals surface area contributed by atoms with Crippen molar-refractivity contribution in [3.8, 4) is 33.5 Å². The predicted molar refractivity (Wildman–Crippen MR) is 108 cm³/mol. The van der Waals surface area contributed by atoms with Crippen molar-refractivity contribution in [2.45, 2.75) is 5.92 Å². The minimum absolute atomic E-state index is 0.0285. The lowest BCUT2D eigenvalue weighted by Crippen LogP contribution is -2.11. The number of benzene rings is 3. The maximum Gasteiger partial charge on any atom is 0.299 e. The van der Waals surface area contributed by atoms with Crippen LogP contribution in [-0.2, 0) is 5.92 Å². The van der Waals surface area contributed by atoms with Crippen molar-refractivity contribution < 1.29 is 8.78 Å². The Morgan fingerprint density at radius 1 is 0.724 bits per heavy atom. The summed E-state index contributed by atoms with van der Waals surface area (Å²) in [4.78, 5) is 14.2. The van der Waals surface area contributed by atoms with Crippen molar-refractivity contribution in [2.75, 3.05) is 0 Å². The van der Waals surface area contributed by atoms with Gasteiger partial charge in [-0.3, -0.25) is 0 Å². The molecule has 3 aromatic carbocycles. The fraction of sp³-hybridized carbons (Fsp3) is 0.0435. The van der Waals surface area contributed by atoms with Gasteiger partial charge in [-0.25, -0.2) is 9.97 Å². The number of aromatic amines is 2. The van der Waals surface area contributed by atoms with Gasteiger partial charge in [0, 0.05) is 16.7 Å². The summed E-state index contributed by atoms with van der Waals surface area (Å²) in [5, 5.41) is 0. The Labute approximate surface area is 164 Å². The minimum Gasteiger partial charge on any atom is -0.345 e. The molecule has 0 saturated heterocycles. The standard InChI is InChI=1S/C23H14F2N4/c24-23(25)18-7-13(14-3-6-20-21(9-14)29-12-28-20)1-4-16(18)17-5-2-15(8-19(17)23)22-10-26-11-27-22/h1-12H,(H,26,27)(H,28,29). The quantitative estimate of drug-likeness (QED) is 0.408. The fourth-order valence-electron chi connectivity index (χ4n) is 4.10. The summed E-state index contributed by atoms with van der Waals surface area (Å²) >= 11 is 0. The van der Waals surface area contributed by atoms with Gasteiger partial charge in [-0.05, 0) is 46.5 Å². The molecule has 0 atom stereocenters. The molecule has 6 heteroatoms. The summed E-state index contributed by atoms with van der Waals surface area (Å²) in [5.41, 5.74) is 5.97. The average molecular weight is 384 g/mol. The molecular weight excluding hydrogens is 370 g/mol. The Morgan fingerprint density at radius 2 is 1.41 bits per heavy atom. The Hall–Kier alpha value is -3.80. The molecule has 140 valence electrons. The van der Waals surface area contributed by atoms with E-state index in [2.05, 4.69) is 19.9 Å². The molecule has 0 fully saturated rings. The third-order valence-electron chi connectivity index (χ3n) is 5.57. The third-order valence-corrected chi connectivity index (χ3v) is 5.57. The summed E-state index contributed by atoms with van der Waals surface area (Å²) in [6.45, 7) is 0. The largest absolute Gasteiger partial charge is 0.345 e. The van der Waals surface area contributed by atoms with Crippen LogP contribution in [0.1, 0.15) is 11.1 Å². The van der Waals surface area contributed by atoms with Gasteiger partial charge in [0.15, 0.2) is 0 Å². The van der Waals surface area contributed by atoms with Crippen LogP contribution in [-0.4, -0.2) is 19.9 Å². The van der Waals surface area contributed by atoms with Crippen LogP contribution in [0.4, 0.5) is 8.78 Å². The Balaban J connectivity index is 1.49. The number of nitrogens with one attached hydrogen (secondary N) is 2. The van der Waals surface area contributed by atoms with E-state index in [0.717, 1.165) is 22.2 Å². The van der Waals surface area contributed by atoms with Gasteiger partial charge in [0.1, 0.15) is 0 Å². The van der Waals surface area contributed by atoms with Crippen molar-refractivity contribution in [3.05, 3.63) is 84.6 Å². The van der Waals surface area contributed by atoms with Crippen molar-refractivity contribution in [1.29, 1.82) is 0 Å². The van der Waals surface area contributed by atoms with Crippen LogP contribution in [0.15, 0.2) is 73.4 Å². The van der Waals surface area contributed by atoms with E-state index in [9.17, 15) is 0 Å². The van der Waals surface area contributed by atoms with E-state index in [1.54, 1.807) is 36.8 Å². The molecule has 5 aromatic rings. The Bertz CT molecular complexity index is 1380. The van der Waals surface area contributed by atoms with E-state index in [-0.39, 0.29) is 11.1 Å². The lowest BCUT2D eigenvalue weighted by molar-refractivity contribution is 0.0481. The van der Waals surface area contributed by atoms with Gasteiger partial charge in [0.2, 0.25) is 0 Å². The molecule has 6 rings (SSSR count). The lowest BCUT2D eigenvalue weighted by atomic mass is 9.98. The molecule has 0 radical (unpaired) electrons. The van der Waals surface area contributed by atoms with E-state index in [0.29, 0.717) is 22.4 Å². The lowest BCUT2D eigenvalue weighted by Gasteiger charge is -2.14. The summed E-state index contributed by atoms with van der Waals surface area (Å²) in [5.74, 6) is -3.06. The smallest absolute Gasteiger partial charge is 0.299 e. The van der Waals surface area contributed by atoms with Crippen LogP contribution in [0, 0.1) is 0 Å². The van der Waals surface area contributed by atoms with Crippen LogP contribution < -0.4 is 0 Å².